The maximum atomic E-state index is 12.8. The molecule has 1 aromatic carbocycles. The molecule has 23 heavy (non-hydrogen) atoms. The van der Waals surface area contributed by atoms with Gasteiger partial charge in [0.15, 0.2) is 0 Å². The molecule has 1 saturated heterocycles. The molecule has 1 amide bonds. The van der Waals surface area contributed by atoms with Crippen molar-refractivity contribution < 1.29 is 4.79 Å². The van der Waals surface area contributed by atoms with Gasteiger partial charge >= 0.3 is 0 Å². The number of nitrogens with two attached hydrogens (primary N) is 1. The van der Waals surface area contributed by atoms with Crippen LogP contribution in [0.4, 0.5) is 0 Å². The number of halogens is 1. The van der Waals surface area contributed by atoms with Crippen molar-refractivity contribution in [3.05, 3.63) is 47.2 Å². The van der Waals surface area contributed by atoms with Crippen LogP contribution in [-0.4, -0.2) is 39.7 Å². The van der Waals surface area contributed by atoms with Gasteiger partial charge in [0.25, 0.3) is 5.91 Å². The highest BCUT2D eigenvalue weighted by molar-refractivity contribution is 6.30. The van der Waals surface area contributed by atoms with Crippen LogP contribution in [0.3, 0.4) is 0 Å². The second-order valence-electron chi connectivity index (χ2n) is 6.17. The van der Waals surface area contributed by atoms with Crippen molar-refractivity contribution in [2.45, 2.75) is 25.8 Å². The highest BCUT2D eigenvalue weighted by Gasteiger charge is 2.30. The molecule has 1 aliphatic rings. The van der Waals surface area contributed by atoms with Crippen LogP contribution < -0.4 is 5.73 Å². The van der Waals surface area contributed by atoms with Gasteiger partial charge in [-0.3, -0.25) is 4.79 Å². The molecule has 2 heterocycles. The van der Waals surface area contributed by atoms with Gasteiger partial charge in [-0.15, -0.1) is 0 Å². The first-order chi connectivity index (χ1) is 11.1. The van der Waals surface area contributed by atoms with Gasteiger partial charge in [0.2, 0.25) is 0 Å². The lowest BCUT2D eigenvalue weighted by Crippen LogP contribution is -2.49. The Morgan fingerprint density at radius 1 is 1.48 bits per heavy atom. The second-order valence-corrected chi connectivity index (χ2v) is 6.61. The molecular formula is C17H21ClN4O. The minimum Gasteiger partial charge on any atom is -0.334 e. The van der Waals surface area contributed by atoms with E-state index in [-0.39, 0.29) is 11.9 Å². The Labute approximate surface area is 141 Å². The predicted octanol–water partition coefficient (Wildman–Crippen LogP) is 2.73. The maximum absolute atomic E-state index is 12.8. The fraction of sp³-hybridized carbons (Fsp3) is 0.412. The van der Waals surface area contributed by atoms with E-state index in [1.54, 1.807) is 23.1 Å². The van der Waals surface area contributed by atoms with Crippen molar-refractivity contribution in [2.75, 3.05) is 13.1 Å². The van der Waals surface area contributed by atoms with Crippen LogP contribution in [0.2, 0.25) is 5.02 Å². The number of carbonyl (C=O) groups is 1. The Morgan fingerprint density at radius 3 is 3.04 bits per heavy atom. The highest BCUT2D eigenvalue weighted by Crippen LogP contribution is 2.24. The van der Waals surface area contributed by atoms with Crippen LogP contribution in [0, 0.1) is 5.92 Å². The molecular weight excluding hydrogens is 312 g/mol. The van der Waals surface area contributed by atoms with Crippen molar-refractivity contribution in [1.29, 1.82) is 0 Å². The third-order valence-electron chi connectivity index (χ3n) is 4.41. The minimum atomic E-state index is 0.000582. The molecule has 2 N–H and O–H groups in total. The average molecular weight is 333 g/mol. The highest BCUT2D eigenvalue weighted by atomic mass is 35.5. The third-order valence-corrected chi connectivity index (χ3v) is 4.65. The van der Waals surface area contributed by atoms with Gasteiger partial charge in [0.1, 0.15) is 0 Å². The number of likely N-dealkylation sites (tertiary alicyclic amines) is 1. The molecule has 2 atom stereocenters. The van der Waals surface area contributed by atoms with Crippen LogP contribution in [0.15, 0.2) is 36.7 Å². The van der Waals surface area contributed by atoms with Crippen LogP contribution >= 0.6 is 11.6 Å². The van der Waals surface area contributed by atoms with E-state index in [4.69, 9.17) is 17.3 Å². The van der Waals surface area contributed by atoms with Gasteiger partial charge < -0.3 is 10.6 Å². The van der Waals surface area contributed by atoms with E-state index in [1.807, 2.05) is 23.1 Å². The normalized spacial score (nSPS) is 21.4. The van der Waals surface area contributed by atoms with E-state index < -0.39 is 0 Å². The fourth-order valence-corrected chi connectivity index (χ4v) is 3.29. The zero-order chi connectivity index (χ0) is 16.4. The summed E-state index contributed by atoms with van der Waals surface area (Å²) in [6, 6.07) is 7.49. The topological polar surface area (TPSA) is 64.2 Å². The summed E-state index contributed by atoms with van der Waals surface area (Å²) in [4.78, 5) is 14.7. The molecule has 1 aromatic heterocycles. The van der Waals surface area contributed by atoms with E-state index in [0.717, 1.165) is 25.1 Å². The SMILES string of the molecule is CC1CCN(C(=O)c2cnn(-c3cccc(Cl)c3)c2)C(CN)C1. The van der Waals surface area contributed by atoms with Gasteiger partial charge in [0, 0.05) is 30.4 Å². The summed E-state index contributed by atoms with van der Waals surface area (Å²) >= 11 is 6.01. The van der Waals surface area contributed by atoms with E-state index in [1.165, 1.54) is 0 Å². The summed E-state index contributed by atoms with van der Waals surface area (Å²) in [6.07, 6.45) is 5.34. The Bertz CT molecular complexity index is 699. The van der Waals surface area contributed by atoms with E-state index in [0.29, 0.717) is 23.0 Å². The number of rotatable bonds is 3. The number of aromatic nitrogens is 2. The molecule has 0 aliphatic carbocycles. The lowest BCUT2D eigenvalue weighted by Gasteiger charge is -2.37. The Balaban J connectivity index is 1.81. The summed E-state index contributed by atoms with van der Waals surface area (Å²) in [7, 11) is 0. The fourth-order valence-electron chi connectivity index (χ4n) is 3.10. The van der Waals surface area contributed by atoms with Gasteiger partial charge in [0.05, 0.1) is 17.4 Å². The standard InChI is InChI=1S/C17H21ClN4O/c1-12-5-6-21(16(7-12)9-19)17(23)13-10-20-22(11-13)15-4-2-3-14(18)8-15/h2-4,8,10-12,16H,5-7,9,19H2,1H3. The van der Waals surface area contributed by atoms with Crippen molar-refractivity contribution in [3.8, 4) is 5.69 Å². The van der Waals surface area contributed by atoms with Gasteiger partial charge in [-0.1, -0.05) is 24.6 Å². The Hall–Kier alpha value is -1.85. The monoisotopic (exact) mass is 332 g/mol. The van der Waals surface area contributed by atoms with Crippen LogP contribution in [-0.2, 0) is 0 Å². The van der Waals surface area contributed by atoms with Gasteiger partial charge in [-0.2, -0.15) is 5.10 Å². The van der Waals surface area contributed by atoms with Crippen LogP contribution in [0.1, 0.15) is 30.1 Å². The second kappa shape index (κ2) is 6.72. The molecule has 0 radical (unpaired) electrons. The maximum Gasteiger partial charge on any atom is 0.257 e. The lowest BCUT2D eigenvalue weighted by molar-refractivity contribution is 0.0573. The third kappa shape index (κ3) is 3.41. The van der Waals surface area contributed by atoms with Crippen molar-refractivity contribution in [3.63, 3.8) is 0 Å². The summed E-state index contributed by atoms with van der Waals surface area (Å²) in [5.41, 5.74) is 7.27. The quantitative estimate of drug-likeness (QED) is 0.940. The molecule has 0 bridgehead atoms. The van der Waals surface area contributed by atoms with E-state index in [9.17, 15) is 4.79 Å². The molecule has 2 aromatic rings. The Morgan fingerprint density at radius 2 is 2.30 bits per heavy atom. The van der Waals surface area contributed by atoms with Crippen molar-refractivity contribution in [1.82, 2.24) is 14.7 Å². The number of amides is 1. The first-order valence-electron chi connectivity index (χ1n) is 7.90. The first-order valence-corrected chi connectivity index (χ1v) is 8.28. The Kier molecular flexibility index (Phi) is 4.68. The molecule has 2 unspecified atom stereocenters. The summed E-state index contributed by atoms with van der Waals surface area (Å²) in [6.45, 7) is 3.46. The van der Waals surface area contributed by atoms with Crippen LogP contribution in [0.5, 0.6) is 0 Å². The molecule has 0 saturated carbocycles. The molecule has 5 nitrogen and oxygen atoms in total. The smallest absolute Gasteiger partial charge is 0.257 e. The zero-order valence-electron chi connectivity index (χ0n) is 13.2. The summed E-state index contributed by atoms with van der Waals surface area (Å²) in [5.74, 6) is 0.613. The number of piperidine rings is 1. The molecule has 6 heteroatoms. The first kappa shape index (κ1) is 16.0. The predicted molar refractivity (Wildman–Crippen MR) is 90.9 cm³/mol. The van der Waals surface area contributed by atoms with Crippen LogP contribution in [0.25, 0.3) is 5.69 Å². The van der Waals surface area contributed by atoms with Gasteiger partial charge in [-0.25, -0.2) is 4.68 Å². The number of benzene rings is 1. The largest absolute Gasteiger partial charge is 0.334 e. The summed E-state index contributed by atoms with van der Waals surface area (Å²) in [5, 5.41) is 4.93. The molecule has 1 fully saturated rings. The number of hydrogen-bond acceptors (Lipinski definition) is 3. The van der Waals surface area contributed by atoms with E-state index >= 15 is 0 Å². The number of nitrogens with zero attached hydrogens (tertiary/aromatic N) is 3. The minimum absolute atomic E-state index is 0.000582. The zero-order valence-corrected chi connectivity index (χ0v) is 13.9. The average Bonchev–Trinajstić information content (AvgIpc) is 3.04. The van der Waals surface area contributed by atoms with Crippen molar-refractivity contribution in [2.24, 2.45) is 11.7 Å². The van der Waals surface area contributed by atoms with Crippen molar-refractivity contribution >= 4 is 17.5 Å². The molecule has 122 valence electrons. The molecule has 3 rings (SSSR count). The van der Waals surface area contributed by atoms with E-state index in [2.05, 4.69) is 12.0 Å². The lowest BCUT2D eigenvalue weighted by atomic mass is 9.92. The summed E-state index contributed by atoms with van der Waals surface area (Å²) < 4.78 is 1.67. The van der Waals surface area contributed by atoms with Gasteiger partial charge in [-0.05, 0) is 37.0 Å². The molecule has 1 aliphatic heterocycles. The molecule has 0 spiro atoms. The number of hydrogen-bond donors (Lipinski definition) is 1. The number of carbonyl (C=O) groups excluding carboxylic acids is 1.